The van der Waals surface area contributed by atoms with Crippen LogP contribution in [0.1, 0.15) is 58.3 Å². The fourth-order valence-electron chi connectivity index (χ4n) is 2.72. The van der Waals surface area contributed by atoms with Crippen LogP contribution in [0.3, 0.4) is 0 Å². The normalized spacial score (nSPS) is 12.5. The maximum Gasteiger partial charge on any atom is 0.347 e. The molecule has 10 heteroatoms. The summed E-state index contributed by atoms with van der Waals surface area (Å²) in [4.78, 5) is 36.8. The number of rotatable bonds is 14. The van der Waals surface area contributed by atoms with Crippen LogP contribution in [0.5, 0.6) is 5.75 Å². The summed E-state index contributed by atoms with van der Waals surface area (Å²) in [6.45, 7) is 2.23. The molecule has 0 aromatic carbocycles. The molecular weight excluding hydrogens is 392 g/mol. The second-order valence-electron chi connectivity index (χ2n) is 6.72. The fraction of sp³-hybridized carbons (Fsp3) is 0.706. The van der Waals surface area contributed by atoms with Crippen molar-refractivity contribution in [1.82, 2.24) is 0 Å². The Morgan fingerprint density at radius 2 is 1.52 bits per heavy atom. The average molecular weight is 424 g/mol. The summed E-state index contributed by atoms with van der Waals surface area (Å²) in [5.74, 6) is 0.496. The van der Waals surface area contributed by atoms with Gasteiger partial charge in [0.25, 0.3) is 0 Å². The first-order chi connectivity index (χ1) is 12.6. The molecule has 0 aliphatic heterocycles. The van der Waals surface area contributed by atoms with Crippen molar-refractivity contribution in [3.63, 3.8) is 0 Å². The Labute approximate surface area is 160 Å². The van der Waals surface area contributed by atoms with E-state index in [0.29, 0.717) is 12.4 Å². The summed E-state index contributed by atoms with van der Waals surface area (Å²) in [7, 11) is -9.89. The van der Waals surface area contributed by atoms with E-state index >= 15 is 0 Å². The quantitative estimate of drug-likeness (QED) is 0.205. The van der Waals surface area contributed by atoms with E-state index < -0.39 is 27.1 Å². The zero-order valence-corrected chi connectivity index (χ0v) is 17.6. The van der Waals surface area contributed by atoms with E-state index in [1.165, 1.54) is 55.5 Å². The Morgan fingerprint density at radius 1 is 0.963 bits per heavy atom. The van der Waals surface area contributed by atoms with Crippen LogP contribution in [-0.2, 0) is 15.7 Å². The molecule has 0 aliphatic rings. The highest BCUT2D eigenvalue weighted by molar-refractivity contribution is 7.70. The van der Waals surface area contributed by atoms with Gasteiger partial charge in [-0.2, -0.15) is 0 Å². The summed E-state index contributed by atoms with van der Waals surface area (Å²) in [5.41, 5.74) is 0. The summed E-state index contributed by atoms with van der Waals surface area (Å²) in [6.07, 6.45) is 12.5. The molecule has 1 aromatic heterocycles. The lowest BCUT2D eigenvalue weighted by atomic mass is 10.1. The van der Waals surface area contributed by atoms with Gasteiger partial charge < -0.3 is 24.3 Å². The summed E-state index contributed by atoms with van der Waals surface area (Å²) < 4.78 is 29.7. The van der Waals surface area contributed by atoms with E-state index in [4.69, 9.17) is 4.74 Å². The lowest BCUT2D eigenvalue weighted by Gasteiger charge is -2.16. The number of hydrogen-bond acceptors (Lipinski definition) is 3. The second-order valence-corrected chi connectivity index (χ2v) is 10.7. The van der Waals surface area contributed by atoms with Crippen LogP contribution in [0.15, 0.2) is 24.5 Å². The molecule has 4 N–H and O–H groups in total. The van der Waals surface area contributed by atoms with E-state index in [2.05, 4.69) is 6.92 Å². The SMILES string of the molecule is CCCCCCCCCCOc1ccc[n+](CC(P(=O)(O)O)P(=O)(O)O)c1. The minimum absolute atomic E-state index is 0.496. The highest BCUT2D eigenvalue weighted by Gasteiger charge is 2.46. The predicted molar refractivity (Wildman–Crippen MR) is 103 cm³/mol. The summed E-state index contributed by atoms with van der Waals surface area (Å²) in [6, 6.07) is 3.31. The number of pyridine rings is 1. The number of hydrogen-bond donors (Lipinski definition) is 4. The van der Waals surface area contributed by atoms with Crippen molar-refractivity contribution in [2.24, 2.45) is 0 Å². The number of aromatic nitrogens is 1. The van der Waals surface area contributed by atoms with Gasteiger partial charge in [-0.1, -0.05) is 51.9 Å². The predicted octanol–water partition coefficient (Wildman–Crippen LogP) is 3.18. The van der Waals surface area contributed by atoms with Crippen molar-refractivity contribution in [3.05, 3.63) is 24.5 Å². The average Bonchev–Trinajstić information content (AvgIpc) is 2.57. The van der Waals surface area contributed by atoms with Crippen LogP contribution in [0.2, 0.25) is 0 Å². The molecule has 156 valence electrons. The number of unbranched alkanes of at least 4 members (excludes halogenated alkanes) is 7. The molecule has 1 heterocycles. The first-order valence-corrected chi connectivity index (χ1v) is 12.7. The molecule has 1 rings (SSSR count). The van der Waals surface area contributed by atoms with E-state index in [9.17, 15) is 28.7 Å². The standard InChI is InChI=1S/C17H31NO7P2/c1-2-3-4-5-6-7-8-9-13-25-16-11-10-12-18(14-16)15-17(26(19,20)21)27(22,23)24/h10-12,14,17H,2-9,13,15H2,1H3,(H3-,19,20,21,22,23,24)/p+1. The third kappa shape index (κ3) is 10.4. The smallest absolute Gasteiger partial charge is 0.347 e. The van der Waals surface area contributed by atoms with Crippen LogP contribution < -0.4 is 9.30 Å². The molecule has 0 radical (unpaired) electrons. The van der Waals surface area contributed by atoms with E-state index in [-0.39, 0.29) is 0 Å². The van der Waals surface area contributed by atoms with Gasteiger partial charge in [0.2, 0.25) is 11.6 Å². The van der Waals surface area contributed by atoms with Gasteiger partial charge in [0.15, 0.2) is 18.5 Å². The van der Waals surface area contributed by atoms with Gasteiger partial charge in [0.1, 0.15) is 0 Å². The van der Waals surface area contributed by atoms with Gasteiger partial charge >= 0.3 is 15.2 Å². The van der Waals surface area contributed by atoms with Crippen molar-refractivity contribution in [2.75, 3.05) is 6.61 Å². The van der Waals surface area contributed by atoms with Gasteiger partial charge in [0, 0.05) is 6.07 Å². The molecule has 0 aliphatic carbocycles. The van der Waals surface area contributed by atoms with E-state index in [1.807, 2.05) is 0 Å². The van der Waals surface area contributed by atoms with Crippen molar-refractivity contribution in [1.29, 1.82) is 0 Å². The Kier molecular flexibility index (Phi) is 10.7. The minimum atomic E-state index is -4.95. The molecule has 27 heavy (non-hydrogen) atoms. The molecule has 8 nitrogen and oxygen atoms in total. The van der Waals surface area contributed by atoms with Crippen molar-refractivity contribution >= 4 is 15.2 Å². The van der Waals surface area contributed by atoms with E-state index in [1.54, 1.807) is 12.1 Å². The van der Waals surface area contributed by atoms with Crippen molar-refractivity contribution in [3.8, 4) is 5.75 Å². The first kappa shape index (κ1) is 24.3. The molecular formula is C17H32NO7P2+. The lowest BCUT2D eigenvalue weighted by molar-refractivity contribution is -0.694. The van der Waals surface area contributed by atoms with Gasteiger partial charge in [-0.15, -0.1) is 0 Å². The molecule has 0 spiro atoms. The molecule has 1 aromatic rings. The maximum absolute atomic E-state index is 11.4. The van der Waals surface area contributed by atoms with Crippen LogP contribution in [-0.4, -0.2) is 31.6 Å². The van der Waals surface area contributed by atoms with Crippen LogP contribution in [0.4, 0.5) is 0 Å². The minimum Gasteiger partial charge on any atom is -0.487 e. The molecule has 0 saturated heterocycles. The summed E-state index contributed by atoms with van der Waals surface area (Å²) >= 11 is 0. The fourth-order valence-corrected chi connectivity index (χ4v) is 5.09. The third-order valence-electron chi connectivity index (χ3n) is 4.25. The zero-order valence-electron chi connectivity index (χ0n) is 15.8. The summed E-state index contributed by atoms with van der Waals surface area (Å²) in [5, 5.41) is -2.07. The Bertz CT molecular complexity index is 622. The number of nitrogens with zero attached hydrogens (tertiary/aromatic N) is 1. The van der Waals surface area contributed by atoms with Crippen molar-refractivity contribution < 1.29 is 38.0 Å². The molecule has 0 atom stereocenters. The monoisotopic (exact) mass is 424 g/mol. The van der Waals surface area contributed by atoms with Crippen LogP contribution in [0.25, 0.3) is 0 Å². The van der Waals surface area contributed by atoms with Gasteiger partial charge in [-0.05, 0) is 12.5 Å². The lowest BCUT2D eigenvalue weighted by Crippen LogP contribution is -2.39. The van der Waals surface area contributed by atoms with Crippen LogP contribution >= 0.6 is 15.2 Å². The second kappa shape index (κ2) is 11.9. The topological polar surface area (TPSA) is 128 Å². The maximum atomic E-state index is 11.4. The highest BCUT2D eigenvalue weighted by Crippen LogP contribution is 2.59. The van der Waals surface area contributed by atoms with Gasteiger partial charge in [-0.3, -0.25) is 9.13 Å². The molecule has 0 saturated carbocycles. The molecule has 0 unspecified atom stereocenters. The highest BCUT2D eigenvalue weighted by atomic mass is 31.2. The van der Waals surface area contributed by atoms with E-state index in [0.717, 1.165) is 12.8 Å². The Balaban J connectivity index is 2.43. The molecule has 0 amide bonds. The Hall–Kier alpha value is -0.750. The van der Waals surface area contributed by atoms with Gasteiger partial charge in [0.05, 0.1) is 6.61 Å². The van der Waals surface area contributed by atoms with Gasteiger partial charge in [-0.25, -0.2) is 4.57 Å². The van der Waals surface area contributed by atoms with Crippen molar-refractivity contribution in [2.45, 2.75) is 70.2 Å². The number of ether oxygens (including phenoxy) is 1. The molecule has 0 bridgehead atoms. The largest absolute Gasteiger partial charge is 0.487 e. The Morgan fingerprint density at radius 3 is 2.07 bits per heavy atom. The molecule has 0 fully saturated rings. The zero-order chi connectivity index (χ0) is 20.3. The van der Waals surface area contributed by atoms with Crippen LogP contribution in [0, 0.1) is 0 Å². The first-order valence-electron chi connectivity index (χ1n) is 9.37. The third-order valence-corrected chi connectivity index (χ3v) is 7.93.